The Morgan fingerprint density at radius 3 is 2.65 bits per heavy atom. The number of fused-ring (bicyclic) bond motifs is 3. The lowest BCUT2D eigenvalue weighted by molar-refractivity contribution is 0.318. The van der Waals surface area contributed by atoms with Crippen LogP contribution in [-0.2, 0) is 6.42 Å². The number of hydrogen-bond donors (Lipinski definition) is 0. The second kappa shape index (κ2) is 7.79. The predicted octanol–water partition coefficient (Wildman–Crippen LogP) is 5.01. The van der Waals surface area contributed by atoms with Crippen molar-refractivity contribution < 1.29 is 4.74 Å². The van der Waals surface area contributed by atoms with Gasteiger partial charge in [0.2, 0.25) is 0 Å². The average molecular weight is 363 g/mol. The highest BCUT2D eigenvalue weighted by atomic mass is 32.2. The van der Waals surface area contributed by atoms with Crippen LogP contribution in [0, 0.1) is 0 Å². The summed E-state index contributed by atoms with van der Waals surface area (Å²) in [6.07, 6.45) is 2.01. The minimum Gasteiger partial charge on any atom is -0.494 e. The maximum atomic E-state index is 5.83. The zero-order valence-electron chi connectivity index (χ0n) is 14.8. The summed E-state index contributed by atoms with van der Waals surface area (Å²) in [6, 6.07) is 20.8. The van der Waals surface area contributed by atoms with Gasteiger partial charge in [-0.25, -0.2) is 0 Å². The topological polar surface area (TPSA) is 39.4 Å². The van der Waals surface area contributed by atoms with Crippen molar-refractivity contribution >= 4 is 28.3 Å². The molecule has 0 bridgehead atoms. The fourth-order valence-electron chi connectivity index (χ4n) is 2.94. The monoisotopic (exact) mass is 363 g/mol. The molecule has 0 amide bonds. The van der Waals surface area contributed by atoms with Gasteiger partial charge in [0.25, 0.3) is 0 Å². The number of benzene rings is 2. The number of thioether (sulfide) groups is 1. The first kappa shape index (κ1) is 16.9. The summed E-state index contributed by atoms with van der Waals surface area (Å²) in [5.74, 6) is 1.88. The second-order valence-electron chi connectivity index (χ2n) is 6.12. The first-order valence-electron chi connectivity index (χ1n) is 8.92. The average Bonchev–Trinajstić information content (AvgIpc) is 3.12. The molecule has 4 nitrogen and oxygen atoms in total. The largest absolute Gasteiger partial charge is 0.494 e. The highest BCUT2D eigenvalue weighted by molar-refractivity contribution is 7.99. The summed E-state index contributed by atoms with van der Waals surface area (Å²) < 4.78 is 7.96. The number of ether oxygens (including phenoxy) is 1. The van der Waals surface area contributed by atoms with Crippen molar-refractivity contribution in [1.29, 1.82) is 0 Å². The van der Waals surface area contributed by atoms with Crippen LogP contribution in [0.25, 0.3) is 16.6 Å². The molecule has 0 saturated heterocycles. The molecule has 0 N–H and O–H groups in total. The molecule has 132 valence electrons. The van der Waals surface area contributed by atoms with E-state index < -0.39 is 0 Å². The Kier molecular flexibility index (Phi) is 5.07. The predicted molar refractivity (Wildman–Crippen MR) is 107 cm³/mol. The van der Waals surface area contributed by atoms with Crippen LogP contribution in [0.1, 0.15) is 18.9 Å². The van der Waals surface area contributed by atoms with Gasteiger partial charge in [-0.2, -0.15) is 0 Å². The molecule has 0 radical (unpaired) electrons. The summed E-state index contributed by atoms with van der Waals surface area (Å²) in [5.41, 5.74) is 3.36. The zero-order valence-corrected chi connectivity index (χ0v) is 15.6. The second-order valence-corrected chi connectivity index (χ2v) is 7.18. The van der Waals surface area contributed by atoms with Gasteiger partial charge in [-0.3, -0.25) is 4.40 Å². The van der Waals surface area contributed by atoms with Gasteiger partial charge in [0.1, 0.15) is 5.75 Å². The third-order valence-corrected chi connectivity index (χ3v) is 5.38. The third-order valence-electron chi connectivity index (χ3n) is 4.37. The number of aryl methyl sites for hydroxylation is 1. The molecule has 0 fully saturated rings. The van der Waals surface area contributed by atoms with Crippen LogP contribution in [0.3, 0.4) is 0 Å². The third kappa shape index (κ3) is 3.53. The normalized spacial score (nSPS) is 11.3. The Morgan fingerprint density at radius 1 is 0.962 bits per heavy atom. The Morgan fingerprint density at radius 2 is 1.81 bits per heavy atom. The van der Waals surface area contributed by atoms with Gasteiger partial charge in [-0.05, 0) is 54.1 Å². The molecule has 0 aliphatic carbocycles. The quantitative estimate of drug-likeness (QED) is 0.342. The molecule has 2 aromatic carbocycles. The van der Waals surface area contributed by atoms with E-state index in [4.69, 9.17) is 4.74 Å². The highest BCUT2D eigenvalue weighted by Gasteiger charge is 2.09. The van der Waals surface area contributed by atoms with Crippen molar-refractivity contribution in [1.82, 2.24) is 14.6 Å². The molecule has 0 atom stereocenters. The van der Waals surface area contributed by atoms with E-state index in [0.717, 1.165) is 40.7 Å². The lowest BCUT2D eigenvalue weighted by atomic mass is 10.2. The zero-order chi connectivity index (χ0) is 17.8. The molecule has 0 spiro atoms. The van der Waals surface area contributed by atoms with Crippen molar-refractivity contribution in [3.63, 3.8) is 0 Å². The number of rotatable bonds is 7. The van der Waals surface area contributed by atoms with Crippen molar-refractivity contribution in [2.24, 2.45) is 0 Å². The maximum absolute atomic E-state index is 5.83. The smallest absolute Gasteiger partial charge is 0.196 e. The Hall–Kier alpha value is -2.53. The molecule has 5 heteroatoms. The van der Waals surface area contributed by atoms with E-state index in [1.165, 1.54) is 10.9 Å². The summed E-state index contributed by atoms with van der Waals surface area (Å²) in [5, 5.41) is 10.8. The number of pyridine rings is 1. The molecule has 2 heterocycles. The minimum atomic E-state index is 0.704. The van der Waals surface area contributed by atoms with Crippen LogP contribution in [0.2, 0.25) is 0 Å². The Labute approximate surface area is 157 Å². The van der Waals surface area contributed by atoms with Gasteiger partial charge in [0, 0.05) is 5.75 Å². The highest BCUT2D eigenvalue weighted by Crippen LogP contribution is 2.23. The van der Waals surface area contributed by atoms with E-state index in [2.05, 4.69) is 57.9 Å². The first-order valence-corrected chi connectivity index (χ1v) is 9.91. The molecule has 0 aliphatic rings. The Balaban J connectivity index is 1.37. The summed E-state index contributed by atoms with van der Waals surface area (Å²) in [4.78, 5) is 0. The van der Waals surface area contributed by atoms with E-state index >= 15 is 0 Å². The lowest BCUT2D eigenvalue weighted by Gasteiger charge is -2.07. The number of nitrogens with zero attached hydrogens (tertiary/aromatic N) is 3. The van der Waals surface area contributed by atoms with Crippen molar-refractivity contribution in [2.75, 3.05) is 12.4 Å². The minimum absolute atomic E-state index is 0.704. The van der Waals surface area contributed by atoms with Crippen molar-refractivity contribution in [2.45, 2.75) is 24.9 Å². The number of aromatic nitrogens is 3. The Bertz CT molecular complexity index is 1010. The lowest BCUT2D eigenvalue weighted by Crippen LogP contribution is -1.99. The SMILES string of the molecule is CCc1ccc(OCCCSc2nnc3ccc4ccccc4n23)cc1. The van der Waals surface area contributed by atoms with Crippen LogP contribution in [-0.4, -0.2) is 27.0 Å². The molecule has 0 aliphatic heterocycles. The van der Waals surface area contributed by atoms with Crippen LogP contribution < -0.4 is 4.74 Å². The molecule has 4 aromatic rings. The van der Waals surface area contributed by atoms with Gasteiger partial charge < -0.3 is 4.74 Å². The first-order chi connectivity index (χ1) is 12.8. The molecule has 26 heavy (non-hydrogen) atoms. The molecule has 0 saturated carbocycles. The maximum Gasteiger partial charge on any atom is 0.196 e. The van der Waals surface area contributed by atoms with Crippen LogP contribution in [0.5, 0.6) is 5.75 Å². The van der Waals surface area contributed by atoms with Gasteiger partial charge in [-0.15, -0.1) is 10.2 Å². The standard InChI is InChI=1S/C21H21N3OS/c1-2-16-8-11-18(12-9-16)25-14-5-15-26-21-23-22-20-13-10-17-6-3-4-7-19(17)24(20)21/h3-4,6-13H,2,5,14-15H2,1H3. The molecule has 0 unspecified atom stereocenters. The molecule has 4 rings (SSSR count). The summed E-state index contributed by atoms with van der Waals surface area (Å²) >= 11 is 1.72. The van der Waals surface area contributed by atoms with Crippen molar-refractivity contribution in [3.8, 4) is 5.75 Å². The fourth-order valence-corrected chi connectivity index (χ4v) is 3.80. The fraction of sp³-hybridized carbons (Fsp3) is 0.238. The number of para-hydroxylation sites is 1. The summed E-state index contributed by atoms with van der Waals surface area (Å²) in [6.45, 7) is 2.86. The van der Waals surface area contributed by atoms with Gasteiger partial charge in [-0.1, -0.05) is 49.0 Å². The van der Waals surface area contributed by atoms with Crippen LogP contribution in [0.4, 0.5) is 0 Å². The van der Waals surface area contributed by atoms with E-state index in [9.17, 15) is 0 Å². The van der Waals surface area contributed by atoms with Gasteiger partial charge in [0.15, 0.2) is 10.8 Å². The van der Waals surface area contributed by atoms with Gasteiger partial charge in [0.05, 0.1) is 12.1 Å². The van der Waals surface area contributed by atoms with Gasteiger partial charge >= 0.3 is 0 Å². The van der Waals surface area contributed by atoms with E-state index in [-0.39, 0.29) is 0 Å². The van der Waals surface area contributed by atoms with Crippen LogP contribution >= 0.6 is 11.8 Å². The van der Waals surface area contributed by atoms with E-state index in [0.29, 0.717) is 6.61 Å². The molecular weight excluding hydrogens is 342 g/mol. The molecule has 2 aromatic heterocycles. The molecular formula is C21H21N3OS. The van der Waals surface area contributed by atoms with E-state index in [1.54, 1.807) is 11.8 Å². The van der Waals surface area contributed by atoms with Crippen molar-refractivity contribution in [3.05, 3.63) is 66.2 Å². The summed E-state index contributed by atoms with van der Waals surface area (Å²) in [7, 11) is 0. The number of hydrogen-bond acceptors (Lipinski definition) is 4. The van der Waals surface area contributed by atoms with E-state index in [1.807, 2.05) is 24.3 Å². The van der Waals surface area contributed by atoms with Crippen LogP contribution in [0.15, 0.2) is 65.8 Å².